The van der Waals surface area contributed by atoms with E-state index < -0.39 is 0 Å². The molecule has 2 heterocycles. The van der Waals surface area contributed by atoms with Crippen LogP contribution in [0.15, 0.2) is 24.3 Å². The standard InChI is InChI=1S/C20H31N3O2/c1-3-25-20(24)23-13-9-18(10-14-23)21-16(2)17-7-6-8-19(15-17)22-11-4-5-12-22/h6-8,15-16,18,21H,3-5,9-14H2,1-2H3/t16-/m0/s1. The maximum absolute atomic E-state index is 11.8. The van der Waals surface area contributed by atoms with Crippen molar-refractivity contribution in [1.82, 2.24) is 10.2 Å². The van der Waals surface area contributed by atoms with Gasteiger partial charge in [0.2, 0.25) is 0 Å². The lowest BCUT2D eigenvalue weighted by Crippen LogP contribution is -2.45. The summed E-state index contributed by atoms with van der Waals surface area (Å²) in [6.07, 6.45) is 4.39. The van der Waals surface area contributed by atoms with Gasteiger partial charge < -0.3 is 19.9 Å². The van der Waals surface area contributed by atoms with Crippen LogP contribution in [0.3, 0.4) is 0 Å². The van der Waals surface area contributed by atoms with Gasteiger partial charge in [-0.15, -0.1) is 0 Å². The molecule has 1 N–H and O–H groups in total. The van der Waals surface area contributed by atoms with Gasteiger partial charge in [0.1, 0.15) is 0 Å². The van der Waals surface area contributed by atoms with Crippen molar-refractivity contribution in [3.8, 4) is 0 Å². The number of hydrogen-bond acceptors (Lipinski definition) is 4. The summed E-state index contributed by atoms with van der Waals surface area (Å²) in [5, 5.41) is 3.75. The first-order valence-corrected chi connectivity index (χ1v) is 9.70. The van der Waals surface area contributed by atoms with Crippen LogP contribution in [-0.4, -0.2) is 49.8 Å². The number of nitrogens with one attached hydrogen (secondary N) is 1. The molecule has 2 fully saturated rings. The van der Waals surface area contributed by atoms with Crippen molar-refractivity contribution >= 4 is 11.8 Å². The molecule has 0 aliphatic carbocycles. The van der Waals surface area contributed by atoms with Crippen LogP contribution in [0.4, 0.5) is 10.5 Å². The number of carbonyl (C=O) groups is 1. The molecule has 0 spiro atoms. The number of piperidine rings is 1. The summed E-state index contributed by atoms with van der Waals surface area (Å²) in [7, 11) is 0. The number of benzene rings is 1. The molecule has 5 nitrogen and oxygen atoms in total. The van der Waals surface area contributed by atoms with E-state index in [1.807, 2.05) is 11.8 Å². The van der Waals surface area contributed by atoms with Crippen LogP contribution >= 0.6 is 0 Å². The molecule has 0 aromatic heterocycles. The predicted octanol–water partition coefficient (Wildman–Crippen LogP) is 3.56. The predicted molar refractivity (Wildman–Crippen MR) is 101 cm³/mol. The van der Waals surface area contributed by atoms with E-state index in [9.17, 15) is 4.79 Å². The van der Waals surface area contributed by atoms with E-state index in [0.717, 1.165) is 25.9 Å². The number of anilines is 1. The topological polar surface area (TPSA) is 44.8 Å². The molecule has 2 aliphatic rings. The van der Waals surface area contributed by atoms with Gasteiger partial charge in [-0.1, -0.05) is 12.1 Å². The zero-order chi connectivity index (χ0) is 17.6. The summed E-state index contributed by atoms with van der Waals surface area (Å²) in [5.41, 5.74) is 2.69. The van der Waals surface area contributed by atoms with E-state index >= 15 is 0 Å². The van der Waals surface area contributed by atoms with Gasteiger partial charge >= 0.3 is 6.09 Å². The fourth-order valence-corrected chi connectivity index (χ4v) is 3.86. The van der Waals surface area contributed by atoms with Gasteiger partial charge in [-0.05, 0) is 57.2 Å². The van der Waals surface area contributed by atoms with E-state index in [1.165, 1.54) is 37.2 Å². The quantitative estimate of drug-likeness (QED) is 0.886. The molecule has 138 valence electrons. The fraction of sp³-hybridized carbons (Fsp3) is 0.650. The van der Waals surface area contributed by atoms with E-state index in [4.69, 9.17) is 4.74 Å². The molecule has 1 aromatic carbocycles. The summed E-state index contributed by atoms with van der Waals surface area (Å²) in [6, 6.07) is 9.71. The number of amides is 1. The van der Waals surface area contributed by atoms with Crippen LogP contribution in [0.1, 0.15) is 51.1 Å². The highest BCUT2D eigenvalue weighted by atomic mass is 16.6. The number of rotatable bonds is 5. The lowest BCUT2D eigenvalue weighted by atomic mass is 10.0. The largest absolute Gasteiger partial charge is 0.450 e. The maximum Gasteiger partial charge on any atom is 0.409 e. The summed E-state index contributed by atoms with van der Waals surface area (Å²) < 4.78 is 5.09. The van der Waals surface area contributed by atoms with Crippen molar-refractivity contribution in [2.75, 3.05) is 37.7 Å². The van der Waals surface area contributed by atoms with Gasteiger partial charge in [0.25, 0.3) is 0 Å². The molecule has 1 atom stereocenters. The number of ether oxygens (including phenoxy) is 1. The molecule has 0 saturated carbocycles. The first-order valence-electron chi connectivity index (χ1n) is 9.70. The van der Waals surface area contributed by atoms with Crippen LogP contribution in [0.25, 0.3) is 0 Å². The number of nitrogens with zero attached hydrogens (tertiary/aromatic N) is 2. The molecular formula is C20H31N3O2. The Morgan fingerprint density at radius 1 is 1.24 bits per heavy atom. The van der Waals surface area contributed by atoms with E-state index in [2.05, 4.69) is 41.4 Å². The molecule has 2 saturated heterocycles. The van der Waals surface area contributed by atoms with Crippen molar-refractivity contribution in [3.63, 3.8) is 0 Å². The first kappa shape index (κ1) is 18.1. The second-order valence-corrected chi connectivity index (χ2v) is 7.14. The highest BCUT2D eigenvalue weighted by Crippen LogP contribution is 2.25. The van der Waals surface area contributed by atoms with Gasteiger partial charge in [0, 0.05) is 44.0 Å². The Morgan fingerprint density at radius 2 is 1.96 bits per heavy atom. The van der Waals surface area contributed by atoms with Crippen LogP contribution in [-0.2, 0) is 4.74 Å². The minimum absolute atomic E-state index is 0.174. The van der Waals surface area contributed by atoms with Crippen molar-refractivity contribution in [2.24, 2.45) is 0 Å². The van der Waals surface area contributed by atoms with Crippen molar-refractivity contribution in [3.05, 3.63) is 29.8 Å². The number of likely N-dealkylation sites (tertiary alicyclic amines) is 1. The molecule has 0 bridgehead atoms. The first-order chi connectivity index (χ1) is 12.2. The fourth-order valence-electron chi connectivity index (χ4n) is 3.86. The minimum atomic E-state index is -0.174. The molecule has 0 radical (unpaired) electrons. The van der Waals surface area contributed by atoms with E-state index in [-0.39, 0.29) is 6.09 Å². The number of hydrogen-bond donors (Lipinski definition) is 1. The molecule has 1 aromatic rings. The van der Waals surface area contributed by atoms with Crippen molar-refractivity contribution in [1.29, 1.82) is 0 Å². The van der Waals surface area contributed by atoms with E-state index in [0.29, 0.717) is 18.7 Å². The molecule has 25 heavy (non-hydrogen) atoms. The molecule has 1 amide bonds. The zero-order valence-electron chi connectivity index (χ0n) is 15.5. The van der Waals surface area contributed by atoms with Gasteiger partial charge in [-0.3, -0.25) is 0 Å². The molecule has 0 unspecified atom stereocenters. The summed E-state index contributed by atoms with van der Waals surface area (Å²) in [5.74, 6) is 0. The smallest absolute Gasteiger partial charge is 0.409 e. The summed E-state index contributed by atoms with van der Waals surface area (Å²) in [6.45, 7) is 8.44. The van der Waals surface area contributed by atoms with Crippen LogP contribution in [0.2, 0.25) is 0 Å². The summed E-state index contributed by atoms with van der Waals surface area (Å²) in [4.78, 5) is 16.1. The Morgan fingerprint density at radius 3 is 2.64 bits per heavy atom. The van der Waals surface area contributed by atoms with Crippen LogP contribution < -0.4 is 10.2 Å². The van der Waals surface area contributed by atoms with Gasteiger partial charge in [-0.2, -0.15) is 0 Å². The van der Waals surface area contributed by atoms with E-state index in [1.54, 1.807) is 0 Å². The second-order valence-electron chi connectivity index (χ2n) is 7.14. The monoisotopic (exact) mass is 345 g/mol. The normalized spacial score (nSPS) is 19.9. The highest BCUT2D eigenvalue weighted by Gasteiger charge is 2.24. The number of carbonyl (C=O) groups excluding carboxylic acids is 1. The third kappa shape index (κ3) is 4.66. The van der Waals surface area contributed by atoms with Gasteiger partial charge in [0.15, 0.2) is 0 Å². The lowest BCUT2D eigenvalue weighted by Gasteiger charge is -2.33. The van der Waals surface area contributed by atoms with Crippen molar-refractivity contribution < 1.29 is 9.53 Å². The molecule has 5 heteroatoms. The molecular weight excluding hydrogens is 314 g/mol. The summed E-state index contributed by atoms with van der Waals surface area (Å²) >= 11 is 0. The van der Waals surface area contributed by atoms with Gasteiger partial charge in [0.05, 0.1) is 6.61 Å². The van der Waals surface area contributed by atoms with Crippen LogP contribution in [0.5, 0.6) is 0 Å². The molecule has 2 aliphatic heterocycles. The third-order valence-electron chi connectivity index (χ3n) is 5.35. The van der Waals surface area contributed by atoms with Gasteiger partial charge in [-0.25, -0.2) is 4.79 Å². The van der Waals surface area contributed by atoms with Crippen molar-refractivity contribution in [2.45, 2.75) is 51.6 Å². The average Bonchev–Trinajstić information content (AvgIpc) is 3.17. The SMILES string of the molecule is CCOC(=O)N1CCC(N[C@@H](C)c2cccc(N3CCCC3)c2)CC1. The Labute approximate surface area is 151 Å². The third-order valence-corrected chi connectivity index (χ3v) is 5.35. The Bertz CT molecular complexity index is 564. The Balaban J connectivity index is 1.52. The molecule has 3 rings (SSSR count). The lowest BCUT2D eigenvalue weighted by molar-refractivity contribution is 0.0944. The maximum atomic E-state index is 11.8. The Hall–Kier alpha value is -1.75. The second kappa shape index (κ2) is 8.56. The minimum Gasteiger partial charge on any atom is -0.450 e. The Kier molecular flexibility index (Phi) is 6.19. The highest BCUT2D eigenvalue weighted by molar-refractivity contribution is 5.67. The van der Waals surface area contributed by atoms with Crippen LogP contribution in [0, 0.1) is 0 Å². The zero-order valence-corrected chi connectivity index (χ0v) is 15.5. The average molecular weight is 345 g/mol.